The summed E-state index contributed by atoms with van der Waals surface area (Å²) in [4.78, 5) is 18.1. The van der Waals surface area contributed by atoms with Gasteiger partial charge in [-0.1, -0.05) is 6.07 Å². The summed E-state index contributed by atoms with van der Waals surface area (Å²) < 4.78 is 2.04. The second-order valence-electron chi connectivity index (χ2n) is 7.66. The Morgan fingerprint density at radius 1 is 1.25 bits per heavy atom. The number of aromatic nitrogens is 3. The third kappa shape index (κ3) is 3.61. The van der Waals surface area contributed by atoms with Crippen LogP contribution in [0, 0.1) is 27.7 Å². The maximum atomic E-state index is 12.7. The first-order valence-corrected chi connectivity index (χ1v) is 10.6. The molecular formula is C22H26N4OS. The highest BCUT2D eigenvalue weighted by Gasteiger charge is 2.26. The monoisotopic (exact) mass is 394 g/mol. The average Bonchev–Trinajstić information content (AvgIpc) is 3.21. The van der Waals surface area contributed by atoms with Crippen molar-refractivity contribution in [2.24, 2.45) is 0 Å². The Labute approximate surface area is 169 Å². The molecule has 0 saturated heterocycles. The molecule has 0 radical (unpaired) electrons. The molecule has 0 spiro atoms. The van der Waals surface area contributed by atoms with Gasteiger partial charge in [0.15, 0.2) is 0 Å². The van der Waals surface area contributed by atoms with Crippen LogP contribution >= 0.6 is 11.3 Å². The summed E-state index contributed by atoms with van der Waals surface area (Å²) in [6.45, 7) is 8.20. The lowest BCUT2D eigenvalue weighted by Crippen LogP contribution is -2.32. The van der Waals surface area contributed by atoms with Crippen LogP contribution in [0.5, 0.6) is 0 Å². The van der Waals surface area contributed by atoms with Crippen molar-refractivity contribution in [1.29, 1.82) is 0 Å². The van der Waals surface area contributed by atoms with Crippen molar-refractivity contribution in [1.82, 2.24) is 20.1 Å². The standard InChI is InChI=1S/C22H26N4OS/c1-13-8-9-17(10-14(13)2)26-20-7-5-6-19(18(20)12-23-26)25-22(27)11-21-15(3)24-16(4)28-21/h8-10,12,19H,5-7,11H2,1-4H3,(H,25,27)/t19-/m0/s1. The van der Waals surface area contributed by atoms with E-state index in [-0.39, 0.29) is 11.9 Å². The predicted molar refractivity (Wildman–Crippen MR) is 112 cm³/mol. The third-order valence-corrected chi connectivity index (χ3v) is 6.65. The quantitative estimate of drug-likeness (QED) is 0.718. The lowest BCUT2D eigenvalue weighted by atomic mass is 9.92. The molecule has 1 N–H and O–H groups in total. The third-order valence-electron chi connectivity index (χ3n) is 5.57. The zero-order valence-electron chi connectivity index (χ0n) is 16.9. The number of benzene rings is 1. The molecule has 0 bridgehead atoms. The lowest BCUT2D eigenvalue weighted by molar-refractivity contribution is -0.121. The Balaban J connectivity index is 1.54. The highest BCUT2D eigenvalue weighted by atomic mass is 32.1. The molecule has 6 heteroatoms. The number of carbonyl (C=O) groups is 1. The fourth-order valence-electron chi connectivity index (χ4n) is 3.92. The van der Waals surface area contributed by atoms with Crippen LogP contribution in [0.4, 0.5) is 0 Å². The molecule has 5 nitrogen and oxygen atoms in total. The molecule has 2 aromatic heterocycles. The van der Waals surface area contributed by atoms with Gasteiger partial charge in [-0.15, -0.1) is 11.3 Å². The highest BCUT2D eigenvalue weighted by molar-refractivity contribution is 7.11. The molecule has 0 aliphatic heterocycles. The number of hydrogen-bond acceptors (Lipinski definition) is 4. The Morgan fingerprint density at radius 3 is 2.79 bits per heavy atom. The number of aryl methyl sites for hydroxylation is 4. The first-order chi connectivity index (χ1) is 13.4. The molecule has 28 heavy (non-hydrogen) atoms. The second-order valence-corrected chi connectivity index (χ2v) is 8.95. The molecule has 1 aromatic carbocycles. The van der Waals surface area contributed by atoms with Gasteiger partial charge in [0.25, 0.3) is 0 Å². The van der Waals surface area contributed by atoms with Crippen LogP contribution in [0.2, 0.25) is 0 Å². The smallest absolute Gasteiger partial charge is 0.225 e. The summed E-state index contributed by atoms with van der Waals surface area (Å²) in [7, 11) is 0. The van der Waals surface area contributed by atoms with E-state index in [1.54, 1.807) is 11.3 Å². The molecule has 1 aliphatic rings. The summed E-state index contributed by atoms with van der Waals surface area (Å²) in [5.41, 5.74) is 6.96. The van der Waals surface area contributed by atoms with Crippen molar-refractivity contribution >= 4 is 17.2 Å². The van der Waals surface area contributed by atoms with E-state index in [0.717, 1.165) is 46.1 Å². The van der Waals surface area contributed by atoms with Crippen LogP contribution in [0.25, 0.3) is 5.69 Å². The topological polar surface area (TPSA) is 59.8 Å². The molecule has 0 fully saturated rings. The van der Waals surface area contributed by atoms with Crippen molar-refractivity contribution in [2.45, 2.75) is 59.4 Å². The van der Waals surface area contributed by atoms with E-state index in [4.69, 9.17) is 0 Å². The van der Waals surface area contributed by atoms with Gasteiger partial charge in [-0.3, -0.25) is 4.79 Å². The summed E-state index contributed by atoms with van der Waals surface area (Å²) in [6, 6.07) is 6.47. The van der Waals surface area contributed by atoms with Crippen LogP contribution in [0.15, 0.2) is 24.4 Å². The molecule has 2 heterocycles. The fraction of sp³-hybridized carbons (Fsp3) is 0.409. The van der Waals surface area contributed by atoms with Gasteiger partial charge in [0.2, 0.25) is 5.91 Å². The van der Waals surface area contributed by atoms with Crippen LogP contribution in [-0.2, 0) is 17.6 Å². The van der Waals surface area contributed by atoms with E-state index < -0.39 is 0 Å². The molecular weight excluding hydrogens is 368 g/mol. The minimum absolute atomic E-state index is 0.0332. The van der Waals surface area contributed by atoms with Gasteiger partial charge in [-0.05, 0) is 70.2 Å². The van der Waals surface area contributed by atoms with Crippen molar-refractivity contribution in [2.75, 3.05) is 0 Å². The van der Waals surface area contributed by atoms with E-state index in [0.29, 0.717) is 6.42 Å². The molecule has 0 saturated carbocycles. The summed E-state index contributed by atoms with van der Waals surface area (Å²) in [6.07, 6.45) is 5.32. The molecule has 0 unspecified atom stereocenters. The zero-order valence-corrected chi connectivity index (χ0v) is 17.7. The van der Waals surface area contributed by atoms with E-state index in [1.807, 2.05) is 24.7 Å². The minimum atomic E-state index is 0.0332. The maximum absolute atomic E-state index is 12.7. The molecule has 146 valence electrons. The van der Waals surface area contributed by atoms with Gasteiger partial charge in [0.1, 0.15) is 0 Å². The normalized spacial score (nSPS) is 16.1. The zero-order chi connectivity index (χ0) is 19.8. The molecule has 1 amide bonds. The average molecular weight is 395 g/mol. The Morgan fingerprint density at radius 2 is 2.07 bits per heavy atom. The van der Waals surface area contributed by atoms with Crippen LogP contribution in [-0.4, -0.2) is 20.7 Å². The summed E-state index contributed by atoms with van der Waals surface area (Å²) in [5, 5.41) is 8.90. The van der Waals surface area contributed by atoms with Crippen molar-refractivity contribution in [3.63, 3.8) is 0 Å². The van der Waals surface area contributed by atoms with E-state index in [2.05, 4.69) is 47.4 Å². The van der Waals surface area contributed by atoms with Gasteiger partial charge in [0.05, 0.1) is 35.0 Å². The fourth-order valence-corrected chi connectivity index (χ4v) is 4.85. The predicted octanol–water partition coefficient (Wildman–Crippen LogP) is 4.30. The molecule has 4 rings (SSSR count). The first-order valence-electron chi connectivity index (χ1n) is 9.79. The first kappa shape index (κ1) is 18.9. The lowest BCUT2D eigenvalue weighted by Gasteiger charge is -2.24. The van der Waals surface area contributed by atoms with E-state index in [9.17, 15) is 4.79 Å². The molecule has 1 aliphatic carbocycles. The summed E-state index contributed by atoms with van der Waals surface area (Å²) in [5.74, 6) is 0.0588. The number of fused-ring (bicyclic) bond motifs is 1. The van der Waals surface area contributed by atoms with Crippen molar-refractivity contribution < 1.29 is 4.79 Å². The van der Waals surface area contributed by atoms with Crippen LogP contribution < -0.4 is 5.32 Å². The van der Waals surface area contributed by atoms with Crippen LogP contribution in [0.3, 0.4) is 0 Å². The number of nitrogens with one attached hydrogen (secondary N) is 1. The number of rotatable bonds is 4. The number of nitrogens with zero attached hydrogens (tertiary/aromatic N) is 3. The highest BCUT2D eigenvalue weighted by Crippen LogP contribution is 2.31. The van der Waals surface area contributed by atoms with Crippen LogP contribution in [0.1, 0.15) is 56.8 Å². The minimum Gasteiger partial charge on any atom is -0.349 e. The molecule has 1 atom stereocenters. The van der Waals surface area contributed by atoms with Crippen molar-refractivity contribution in [3.05, 3.63) is 62.4 Å². The Bertz CT molecular complexity index is 1030. The number of hydrogen-bond donors (Lipinski definition) is 1. The number of amides is 1. The Hall–Kier alpha value is -2.47. The SMILES string of the molecule is Cc1nc(C)c(CC(=O)N[C@H]2CCCc3c2cnn3-c2ccc(C)c(C)c2)s1. The second kappa shape index (κ2) is 7.51. The summed E-state index contributed by atoms with van der Waals surface area (Å²) >= 11 is 1.61. The van der Waals surface area contributed by atoms with E-state index >= 15 is 0 Å². The van der Waals surface area contributed by atoms with Gasteiger partial charge in [-0.25, -0.2) is 9.67 Å². The van der Waals surface area contributed by atoms with Gasteiger partial charge in [0, 0.05) is 16.1 Å². The van der Waals surface area contributed by atoms with Crippen molar-refractivity contribution in [3.8, 4) is 5.69 Å². The van der Waals surface area contributed by atoms with Gasteiger partial charge >= 0.3 is 0 Å². The maximum Gasteiger partial charge on any atom is 0.225 e. The Kier molecular flexibility index (Phi) is 5.06. The van der Waals surface area contributed by atoms with Gasteiger partial charge in [-0.2, -0.15) is 5.10 Å². The molecule has 3 aromatic rings. The largest absolute Gasteiger partial charge is 0.349 e. The number of carbonyl (C=O) groups excluding carboxylic acids is 1. The van der Waals surface area contributed by atoms with E-state index in [1.165, 1.54) is 16.8 Å². The van der Waals surface area contributed by atoms with Gasteiger partial charge < -0.3 is 5.32 Å². The number of thiazole rings is 1.